The highest BCUT2D eigenvalue weighted by atomic mass is 16.5. The van der Waals surface area contributed by atoms with Crippen LogP contribution in [-0.4, -0.2) is 24.2 Å². The molecule has 130 valence electrons. The SMILES string of the molecule is Cc1cccc(OC(C)C(=O)NNC(=O)c2ccc(C=O)cc2)c1C. The van der Waals surface area contributed by atoms with Crippen molar-refractivity contribution in [2.45, 2.75) is 26.9 Å². The van der Waals surface area contributed by atoms with Crippen LogP contribution in [-0.2, 0) is 4.79 Å². The average Bonchev–Trinajstić information content (AvgIpc) is 2.63. The van der Waals surface area contributed by atoms with Gasteiger partial charge in [0.15, 0.2) is 6.10 Å². The Balaban J connectivity index is 1.91. The number of nitrogens with one attached hydrogen (secondary N) is 2. The quantitative estimate of drug-likeness (QED) is 0.646. The van der Waals surface area contributed by atoms with E-state index in [4.69, 9.17) is 4.74 Å². The summed E-state index contributed by atoms with van der Waals surface area (Å²) in [5.41, 5.74) is 7.48. The second kappa shape index (κ2) is 8.10. The lowest BCUT2D eigenvalue weighted by Gasteiger charge is -2.17. The highest BCUT2D eigenvalue weighted by Crippen LogP contribution is 2.21. The minimum absolute atomic E-state index is 0.328. The summed E-state index contributed by atoms with van der Waals surface area (Å²) in [7, 11) is 0. The van der Waals surface area contributed by atoms with Gasteiger partial charge >= 0.3 is 0 Å². The van der Waals surface area contributed by atoms with Gasteiger partial charge in [0, 0.05) is 11.1 Å². The number of ether oxygens (including phenoxy) is 1. The number of rotatable bonds is 5. The molecule has 0 aliphatic rings. The summed E-state index contributed by atoms with van der Waals surface area (Å²) in [5.74, 6) is -0.332. The highest BCUT2D eigenvalue weighted by molar-refractivity contribution is 5.96. The average molecular weight is 340 g/mol. The van der Waals surface area contributed by atoms with Crippen molar-refractivity contribution in [2.75, 3.05) is 0 Å². The van der Waals surface area contributed by atoms with Gasteiger partial charge in [0.05, 0.1) is 0 Å². The van der Waals surface area contributed by atoms with E-state index >= 15 is 0 Å². The number of hydrogen-bond acceptors (Lipinski definition) is 4. The number of carbonyl (C=O) groups is 3. The number of aldehydes is 1. The molecule has 0 fully saturated rings. The second-order valence-electron chi connectivity index (χ2n) is 5.64. The molecule has 2 aromatic carbocycles. The maximum atomic E-state index is 12.1. The second-order valence-corrected chi connectivity index (χ2v) is 5.64. The molecule has 0 saturated carbocycles. The molecule has 0 saturated heterocycles. The third kappa shape index (κ3) is 4.67. The summed E-state index contributed by atoms with van der Waals surface area (Å²) in [6, 6.07) is 11.7. The Hall–Kier alpha value is -3.15. The summed E-state index contributed by atoms with van der Waals surface area (Å²) in [4.78, 5) is 34.7. The normalized spacial score (nSPS) is 11.3. The van der Waals surface area contributed by atoms with E-state index in [0.717, 1.165) is 11.1 Å². The number of hydrazine groups is 1. The summed E-state index contributed by atoms with van der Waals surface area (Å²) < 4.78 is 5.65. The molecule has 2 aromatic rings. The Labute approximate surface area is 146 Å². The van der Waals surface area contributed by atoms with Crippen molar-refractivity contribution in [1.82, 2.24) is 10.9 Å². The van der Waals surface area contributed by atoms with Gasteiger partial charge in [-0.05, 0) is 50.1 Å². The molecule has 2 amide bonds. The standard InChI is InChI=1S/C19H20N2O4/c1-12-5-4-6-17(13(12)2)25-14(3)18(23)20-21-19(24)16-9-7-15(11-22)8-10-16/h4-11,14H,1-3H3,(H,20,23)(H,21,24). The van der Waals surface area contributed by atoms with Crippen LogP contribution in [0.5, 0.6) is 5.75 Å². The Bertz CT molecular complexity index is 785. The predicted octanol–water partition coefficient (Wildman–Crippen LogP) is 2.34. The number of aryl methyl sites for hydroxylation is 1. The van der Waals surface area contributed by atoms with Crippen LogP contribution in [0.1, 0.15) is 38.8 Å². The monoisotopic (exact) mass is 340 g/mol. The van der Waals surface area contributed by atoms with E-state index < -0.39 is 17.9 Å². The third-order valence-electron chi connectivity index (χ3n) is 3.84. The van der Waals surface area contributed by atoms with E-state index in [0.29, 0.717) is 23.2 Å². The van der Waals surface area contributed by atoms with E-state index in [2.05, 4.69) is 10.9 Å². The lowest BCUT2D eigenvalue weighted by Crippen LogP contribution is -2.47. The van der Waals surface area contributed by atoms with Gasteiger partial charge in [-0.15, -0.1) is 0 Å². The van der Waals surface area contributed by atoms with Crippen molar-refractivity contribution in [2.24, 2.45) is 0 Å². The molecule has 0 radical (unpaired) electrons. The van der Waals surface area contributed by atoms with Crippen molar-refractivity contribution < 1.29 is 19.1 Å². The molecule has 0 aliphatic carbocycles. The first-order valence-corrected chi connectivity index (χ1v) is 7.80. The first-order valence-electron chi connectivity index (χ1n) is 7.80. The van der Waals surface area contributed by atoms with Crippen molar-refractivity contribution in [3.63, 3.8) is 0 Å². The van der Waals surface area contributed by atoms with E-state index in [1.807, 2.05) is 26.0 Å². The first-order chi connectivity index (χ1) is 11.9. The fourth-order valence-electron chi connectivity index (χ4n) is 2.10. The number of carbonyl (C=O) groups excluding carboxylic acids is 3. The fraction of sp³-hybridized carbons (Fsp3) is 0.211. The largest absolute Gasteiger partial charge is 0.481 e. The molecule has 2 N–H and O–H groups in total. The van der Waals surface area contributed by atoms with E-state index in [1.54, 1.807) is 13.0 Å². The molecule has 1 atom stereocenters. The molecule has 6 heteroatoms. The zero-order valence-electron chi connectivity index (χ0n) is 14.3. The van der Waals surface area contributed by atoms with E-state index in [1.165, 1.54) is 24.3 Å². The molecule has 0 aliphatic heterocycles. The van der Waals surface area contributed by atoms with Crippen LogP contribution in [0.15, 0.2) is 42.5 Å². The molecule has 0 spiro atoms. The maximum absolute atomic E-state index is 12.1. The van der Waals surface area contributed by atoms with Crippen LogP contribution in [0.2, 0.25) is 0 Å². The first kappa shape index (κ1) is 18.2. The van der Waals surface area contributed by atoms with Gasteiger partial charge < -0.3 is 4.74 Å². The Morgan fingerprint density at radius 3 is 2.36 bits per heavy atom. The minimum Gasteiger partial charge on any atom is -0.481 e. The van der Waals surface area contributed by atoms with Crippen LogP contribution < -0.4 is 15.6 Å². The Morgan fingerprint density at radius 1 is 1.04 bits per heavy atom. The van der Waals surface area contributed by atoms with E-state index in [-0.39, 0.29) is 0 Å². The summed E-state index contributed by atoms with van der Waals surface area (Å²) in [5, 5.41) is 0. The molecular weight excluding hydrogens is 320 g/mol. The fourth-order valence-corrected chi connectivity index (χ4v) is 2.10. The minimum atomic E-state index is -0.779. The molecule has 25 heavy (non-hydrogen) atoms. The lowest BCUT2D eigenvalue weighted by atomic mass is 10.1. The van der Waals surface area contributed by atoms with Crippen LogP contribution in [0, 0.1) is 13.8 Å². The van der Waals surface area contributed by atoms with Crippen molar-refractivity contribution in [3.05, 3.63) is 64.7 Å². The number of amides is 2. The van der Waals surface area contributed by atoms with Crippen molar-refractivity contribution in [3.8, 4) is 5.75 Å². The van der Waals surface area contributed by atoms with E-state index in [9.17, 15) is 14.4 Å². The molecular formula is C19H20N2O4. The predicted molar refractivity (Wildman–Crippen MR) is 93.4 cm³/mol. The van der Waals surface area contributed by atoms with Crippen molar-refractivity contribution >= 4 is 18.1 Å². The Kier molecular flexibility index (Phi) is 5.89. The van der Waals surface area contributed by atoms with Gasteiger partial charge in [-0.2, -0.15) is 0 Å². The highest BCUT2D eigenvalue weighted by Gasteiger charge is 2.17. The molecule has 0 aromatic heterocycles. The molecule has 2 rings (SSSR count). The Morgan fingerprint density at radius 2 is 1.72 bits per heavy atom. The number of benzene rings is 2. The molecule has 6 nitrogen and oxygen atoms in total. The van der Waals surface area contributed by atoms with Gasteiger partial charge in [0.25, 0.3) is 11.8 Å². The summed E-state index contributed by atoms with van der Waals surface area (Å²) in [6.07, 6.45) is -0.0892. The summed E-state index contributed by atoms with van der Waals surface area (Å²) >= 11 is 0. The van der Waals surface area contributed by atoms with Crippen LogP contribution >= 0.6 is 0 Å². The van der Waals surface area contributed by atoms with Gasteiger partial charge in [-0.25, -0.2) is 0 Å². The molecule has 0 heterocycles. The smallest absolute Gasteiger partial charge is 0.279 e. The maximum Gasteiger partial charge on any atom is 0.279 e. The topological polar surface area (TPSA) is 84.5 Å². The third-order valence-corrected chi connectivity index (χ3v) is 3.84. The zero-order chi connectivity index (χ0) is 18.4. The zero-order valence-corrected chi connectivity index (χ0v) is 14.3. The van der Waals surface area contributed by atoms with Crippen LogP contribution in [0.3, 0.4) is 0 Å². The lowest BCUT2D eigenvalue weighted by molar-refractivity contribution is -0.128. The molecule has 1 unspecified atom stereocenters. The number of hydrogen-bond donors (Lipinski definition) is 2. The van der Waals surface area contributed by atoms with Gasteiger partial charge in [0.1, 0.15) is 12.0 Å². The van der Waals surface area contributed by atoms with Gasteiger partial charge in [0.2, 0.25) is 0 Å². The van der Waals surface area contributed by atoms with Gasteiger partial charge in [-0.3, -0.25) is 25.2 Å². The van der Waals surface area contributed by atoms with Crippen molar-refractivity contribution in [1.29, 1.82) is 0 Å². The molecule has 0 bridgehead atoms. The van der Waals surface area contributed by atoms with Gasteiger partial charge in [-0.1, -0.05) is 24.3 Å². The van der Waals surface area contributed by atoms with Crippen LogP contribution in [0.25, 0.3) is 0 Å². The summed E-state index contributed by atoms with van der Waals surface area (Å²) in [6.45, 7) is 5.48. The van der Waals surface area contributed by atoms with Crippen LogP contribution in [0.4, 0.5) is 0 Å².